The molecule has 0 saturated heterocycles. The summed E-state index contributed by atoms with van der Waals surface area (Å²) >= 11 is 0. The number of tetrazole rings is 1. The third-order valence-corrected chi connectivity index (χ3v) is 2.31. The van der Waals surface area contributed by atoms with Crippen molar-refractivity contribution < 1.29 is 14.6 Å². The van der Waals surface area contributed by atoms with Gasteiger partial charge in [-0.15, -0.1) is 5.10 Å². The normalized spacial score (nSPS) is 12.9. The standard InChI is InChI=1S/C10H18N4O3/c1-7(2)4-9-11-12-13-14(9)6-8(17-3)5-10(15)16/h7-8H,4-6H2,1-3H3,(H,15,16). The van der Waals surface area contributed by atoms with Crippen LogP contribution in [0.5, 0.6) is 0 Å². The van der Waals surface area contributed by atoms with E-state index in [-0.39, 0.29) is 6.42 Å². The molecule has 17 heavy (non-hydrogen) atoms. The summed E-state index contributed by atoms with van der Waals surface area (Å²) in [6, 6.07) is 0. The lowest BCUT2D eigenvalue weighted by atomic mass is 10.1. The van der Waals surface area contributed by atoms with Crippen LogP contribution in [0.4, 0.5) is 0 Å². The quantitative estimate of drug-likeness (QED) is 0.742. The van der Waals surface area contributed by atoms with Crippen molar-refractivity contribution in [3.8, 4) is 0 Å². The predicted molar refractivity (Wildman–Crippen MR) is 59.4 cm³/mol. The van der Waals surface area contributed by atoms with Gasteiger partial charge in [-0.1, -0.05) is 13.8 Å². The number of aliphatic carboxylic acids is 1. The molecular formula is C10H18N4O3. The number of aromatic nitrogens is 4. The molecule has 1 N–H and O–H groups in total. The third kappa shape index (κ3) is 4.48. The molecule has 0 amide bonds. The Morgan fingerprint density at radius 3 is 2.76 bits per heavy atom. The molecule has 7 nitrogen and oxygen atoms in total. The van der Waals surface area contributed by atoms with Crippen molar-refractivity contribution in [3.05, 3.63) is 5.82 Å². The lowest BCUT2D eigenvalue weighted by molar-refractivity contribution is -0.140. The van der Waals surface area contributed by atoms with E-state index >= 15 is 0 Å². The third-order valence-electron chi connectivity index (χ3n) is 2.31. The molecule has 1 aromatic rings. The van der Waals surface area contributed by atoms with Crippen LogP contribution in [-0.4, -0.2) is 44.5 Å². The molecule has 7 heteroatoms. The Bertz CT molecular complexity index is 364. The van der Waals surface area contributed by atoms with Crippen molar-refractivity contribution in [1.82, 2.24) is 20.2 Å². The van der Waals surface area contributed by atoms with Crippen LogP contribution in [0, 0.1) is 5.92 Å². The number of carboxylic acids is 1. The van der Waals surface area contributed by atoms with Crippen LogP contribution in [0.25, 0.3) is 0 Å². The van der Waals surface area contributed by atoms with Crippen molar-refractivity contribution >= 4 is 5.97 Å². The fourth-order valence-electron chi connectivity index (χ4n) is 1.49. The van der Waals surface area contributed by atoms with Crippen LogP contribution in [0.1, 0.15) is 26.1 Å². The average Bonchev–Trinajstić information content (AvgIpc) is 2.63. The Balaban J connectivity index is 2.65. The van der Waals surface area contributed by atoms with E-state index < -0.39 is 12.1 Å². The van der Waals surface area contributed by atoms with Gasteiger partial charge in [0.15, 0.2) is 5.82 Å². The molecule has 1 atom stereocenters. The molecule has 0 spiro atoms. The second-order valence-corrected chi connectivity index (χ2v) is 4.33. The molecule has 0 fully saturated rings. The van der Waals surface area contributed by atoms with Gasteiger partial charge in [-0.25, -0.2) is 4.68 Å². The van der Waals surface area contributed by atoms with E-state index in [9.17, 15) is 4.79 Å². The van der Waals surface area contributed by atoms with Gasteiger partial charge in [-0.05, 0) is 16.3 Å². The SMILES string of the molecule is COC(CC(=O)O)Cn1nnnc1CC(C)C. The highest BCUT2D eigenvalue weighted by Crippen LogP contribution is 2.07. The maximum Gasteiger partial charge on any atom is 0.306 e. The van der Waals surface area contributed by atoms with Crippen molar-refractivity contribution in [2.45, 2.75) is 39.3 Å². The molecule has 0 aliphatic heterocycles. The maximum atomic E-state index is 10.6. The van der Waals surface area contributed by atoms with E-state index in [0.29, 0.717) is 12.5 Å². The minimum Gasteiger partial charge on any atom is -0.481 e. The first-order chi connectivity index (χ1) is 8.02. The Kier molecular flexibility index (Phi) is 5.02. The zero-order valence-corrected chi connectivity index (χ0v) is 10.3. The number of rotatable bonds is 7. The fraction of sp³-hybridized carbons (Fsp3) is 0.800. The van der Waals surface area contributed by atoms with Gasteiger partial charge in [0.25, 0.3) is 0 Å². The van der Waals surface area contributed by atoms with Gasteiger partial charge in [0.1, 0.15) is 0 Å². The second kappa shape index (κ2) is 6.29. The molecule has 96 valence electrons. The number of ether oxygens (including phenoxy) is 1. The summed E-state index contributed by atoms with van der Waals surface area (Å²) in [6.07, 6.45) is 0.287. The Labute approximate surface area is 99.8 Å². The highest BCUT2D eigenvalue weighted by atomic mass is 16.5. The number of methoxy groups -OCH3 is 1. The summed E-state index contributed by atoms with van der Waals surface area (Å²) in [4.78, 5) is 10.6. The highest BCUT2D eigenvalue weighted by Gasteiger charge is 2.16. The van der Waals surface area contributed by atoms with Gasteiger partial charge < -0.3 is 9.84 Å². The molecule has 0 aliphatic carbocycles. The smallest absolute Gasteiger partial charge is 0.306 e. The molecule has 0 bridgehead atoms. The first-order valence-electron chi connectivity index (χ1n) is 5.52. The fourth-order valence-corrected chi connectivity index (χ4v) is 1.49. The van der Waals surface area contributed by atoms with E-state index in [1.165, 1.54) is 7.11 Å². The summed E-state index contributed by atoms with van der Waals surface area (Å²) in [5.74, 6) is 0.308. The first kappa shape index (κ1) is 13.6. The van der Waals surface area contributed by atoms with Gasteiger partial charge in [-0.3, -0.25) is 4.79 Å². The molecule has 1 aromatic heterocycles. The molecule has 0 saturated carbocycles. The summed E-state index contributed by atoms with van der Waals surface area (Å²) < 4.78 is 6.71. The molecule has 0 radical (unpaired) electrons. The summed E-state index contributed by atoms with van der Waals surface area (Å²) in [6.45, 7) is 4.51. The van der Waals surface area contributed by atoms with Crippen LogP contribution in [-0.2, 0) is 22.5 Å². The molecule has 1 heterocycles. The Morgan fingerprint density at radius 2 is 2.24 bits per heavy atom. The number of hydrogen-bond acceptors (Lipinski definition) is 5. The lowest BCUT2D eigenvalue weighted by Crippen LogP contribution is -2.24. The van der Waals surface area contributed by atoms with E-state index in [1.807, 2.05) is 0 Å². The largest absolute Gasteiger partial charge is 0.481 e. The van der Waals surface area contributed by atoms with Gasteiger partial charge in [0.05, 0.1) is 19.1 Å². The summed E-state index contributed by atoms with van der Waals surface area (Å²) in [5.41, 5.74) is 0. The van der Waals surface area contributed by atoms with Crippen molar-refractivity contribution in [2.24, 2.45) is 5.92 Å². The van der Waals surface area contributed by atoms with Crippen LogP contribution in [0.3, 0.4) is 0 Å². The van der Waals surface area contributed by atoms with Crippen molar-refractivity contribution in [3.63, 3.8) is 0 Å². The highest BCUT2D eigenvalue weighted by molar-refractivity contribution is 5.67. The molecule has 1 unspecified atom stereocenters. The second-order valence-electron chi connectivity index (χ2n) is 4.33. The van der Waals surface area contributed by atoms with E-state index in [0.717, 1.165) is 12.2 Å². The number of nitrogens with zero attached hydrogens (tertiary/aromatic N) is 4. The lowest BCUT2D eigenvalue weighted by Gasteiger charge is -2.14. The van der Waals surface area contributed by atoms with Crippen LogP contribution in [0.2, 0.25) is 0 Å². The maximum absolute atomic E-state index is 10.6. The number of hydrogen-bond donors (Lipinski definition) is 1. The predicted octanol–water partition coefficient (Wildman–Crippen LogP) is 0.361. The van der Waals surface area contributed by atoms with E-state index in [1.54, 1.807) is 4.68 Å². The van der Waals surface area contributed by atoms with Crippen LogP contribution < -0.4 is 0 Å². The summed E-state index contributed by atoms with van der Waals surface area (Å²) in [7, 11) is 1.49. The molecule has 1 rings (SSSR count). The topological polar surface area (TPSA) is 90.1 Å². The van der Waals surface area contributed by atoms with Crippen molar-refractivity contribution in [1.29, 1.82) is 0 Å². The molecule has 0 aromatic carbocycles. The summed E-state index contributed by atoms with van der Waals surface area (Å²) in [5, 5.41) is 20.1. The zero-order chi connectivity index (χ0) is 12.8. The Hall–Kier alpha value is -1.50. The molecular weight excluding hydrogens is 224 g/mol. The van der Waals surface area contributed by atoms with E-state index in [4.69, 9.17) is 9.84 Å². The first-order valence-corrected chi connectivity index (χ1v) is 5.52. The van der Waals surface area contributed by atoms with Gasteiger partial charge in [0.2, 0.25) is 0 Å². The molecule has 0 aliphatic rings. The van der Waals surface area contributed by atoms with Gasteiger partial charge >= 0.3 is 5.97 Å². The minimum absolute atomic E-state index is 0.0581. The Morgan fingerprint density at radius 1 is 1.53 bits per heavy atom. The van der Waals surface area contributed by atoms with Gasteiger partial charge in [0, 0.05) is 13.5 Å². The van der Waals surface area contributed by atoms with Crippen LogP contribution >= 0.6 is 0 Å². The van der Waals surface area contributed by atoms with Crippen LogP contribution in [0.15, 0.2) is 0 Å². The van der Waals surface area contributed by atoms with E-state index in [2.05, 4.69) is 29.4 Å². The number of carboxylic acid groups (broad SMARTS) is 1. The monoisotopic (exact) mass is 242 g/mol. The zero-order valence-electron chi connectivity index (χ0n) is 10.3. The average molecular weight is 242 g/mol. The van der Waals surface area contributed by atoms with Crippen molar-refractivity contribution in [2.75, 3.05) is 7.11 Å². The minimum atomic E-state index is -0.893. The van der Waals surface area contributed by atoms with Gasteiger partial charge in [-0.2, -0.15) is 0 Å². The number of carbonyl (C=O) groups is 1.